The third kappa shape index (κ3) is 5.62. The summed E-state index contributed by atoms with van der Waals surface area (Å²) >= 11 is 12.4. The molecular weight excluding hydrogens is 373 g/mol. The molecule has 26 heavy (non-hydrogen) atoms. The number of nitrogens with zero attached hydrogens (tertiary/aromatic N) is 3. The van der Waals surface area contributed by atoms with Gasteiger partial charge in [0.05, 0.1) is 12.7 Å². The van der Waals surface area contributed by atoms with Gasteiger partial charge in [0.15, 0.2) is 5.96 Å². The fourth-order valence-corrected chi connectivity index (χ4v) is 3.03. The van der Waals surface area contributed by atoms with Gasteiger partial charge in [-0.05, 0) is 38.0 Å². The highest BCUT2D eigenvalue weighted by molar-refractivity contribution is 6.35. The van der Waals surface area contributed by atoms with E-state index in [1.807, 2.05) is 32.2 Å². The Morgan fingerprint density at radius 1 is 1.31 bits per heavy atom. The van der Waals surface area contributed by atoms with Crippen molar-refractivity contribution in [2.45, 2.75) is 25.9 Å². The lowest BCUT2D eigenvalue weighted by Crippen LogP contribution is -2.39. The highest BCUT2D eigenvalue weighted by Crippen LogP contribution is 2.24. The van der Waals surface area contributed by atoms with Crippen LogP contribution in [-0.4, -0.2) is 40.5 Å². The van der Waals surface area contributed by atoms with Crippen molar-refractivity contribution in [1.29, 1.82) is 0 Å². The van der Waals surface area contributed by atoms with Crippen molar-refractivity contribution < 1.29 is 5.11 Å². The second kappa shape index (κ2) is 9.26. The number of aromatic nitrogens is 2. The van der Waals surface area contributed by atoms with Crippen LogP contribution in [0.1, 0.15) is 25.0 Å². The summed E-state index contributed by atoms with van der Waals surface area (Å²) in [6, 6.07) is 5.48. The van der Waals surface area contributed by atoms with Gasteiger partial charge >= 0.3 is 0 Å². The number of benzene rings is 1. The van der Waals surface area contributed by atoms with Crippen molar-refractivity contribution in [1.82, 2.24) is 20.4 Å². The maximum absolute atomic E-state index is 10.6. The van der Waals surface area contributed by atoms with Crippen LogP contribution >= 0.6 is 23.2 Å². The monoisotopic (exact) mass is 397 g/mol. The summed E-state index contributed by atoms with van der Waals surface area (Å²) in [4.78, 5) is 4.49. The molecule has 1 unspecified atom stereocenters. The van der Waals surface area contributed by atoms with Gasteiger partial charge in [0, 0.05) is 41.9 Å². The Hall–Kier alpha value is -1.76. The Morgan fingerprint density at radius 2 is 2.00 bits per heavy atom. The number of aliphatic imine (C=N–C) groups is 1. The quantitative estimate of drug-likeness (QED) is 0.495. The lowest BCUT2D eigenvalue weighted by molar-refractivity contribution is 0.0672. The first-order valence-corrected chi connectivity index (χ1v) is 9.25. The molecule has 1 heterocycles. The predicted octanol–water partition coefficient (Wildman–Crippen LogP) is 2.73. The molecule has 8 heteroatoms. The molecule has 1 aromatic carbocycles. The van der Waals surface area contributed by atoms with Gasteiger partial charge in [-0.1, -0.05) is 29.3 Å². The first kappa shape index (κ1) is 20.6. The van der Waals surface area contributed by atoms with E-state index in [2.05, 4.69) is 20.7 Å². The second-order valence-electron chi connectivity index (χ2n) is 6.25. The summed E-state index contributed by atoms with van der Waals surface area (Å²) < 4.78 is 1.66. The fraction of sp³-hybridized carbons (Fsp3) is 0.444. The fourth-order valence-electron chi connectivity index (χ4n) is 2.44. The lowest BCUT2D eigenvalue weighted by atomic mass is 10.0. The van der Waals surface area contributed by atoms with E-state index in [4.69, 9.17) is 23.2 Å². The van der Waals surface area contributed by atoms with Crippen molar-refractivity contribution in [2.75, 3.05) is 19.6 Å². The minimum absolute atomic E-state index is 0.209. The smallest absolute Gasteiger partial charge is 0.191 e. The predicted molar refractivity (Wildman–Crippen MR) is 107 cm³/mol. The molecule has 0 saturated carbocycles. The standard InChI is InChI=1S/C18H25Cl2N5O/c1-4-21-17(22-9-8-14-15(19)6-5-7-16(14)20)23-12-18(2,26)13-10-24-25(3)11-13/h5-7,10-11,26H,4,8-9,12H2,1-3H3,(H2,21,22,23). The van der Waals surface area contributed by atoms with Crippen LogP contribution in [0.4, 0.5) is 0 Å². The third-order valence-electron chi connectivity index (χ3n) is 3.95. The molecule has 0 saturated heterocycles. The van der Waals surface area contributed by atoms with Crippen molar-refractivity contribution in [3.8, 4) is 0 Å². The lowest BCUT2D eigenvalue weighted by Gasteiger charge is -2.20. The number of rotatable bonds is 7. The van der Waals surface area contributed by atoms with Gasteiger partial charge < -0.3 is 15.7 Å². The molecule has 2 rings (SSSR count). The zero-order valence-corrected chi connectivity index (χ0v) is 16.8. The number of hydrogen-bond acceptors (Lipinski definition) is 3. The molecule has 0 aliphatic heterocycles. The molecular formula is C18H25Cl2N5O. The molecule has 6 nitrogen and oxygen atoms in total. The van der Waals surface area contributed by atoms with Crippen molar-refractivity contribution >= 4 is 29.2 Å². The number of halogens is 2. The first-order valence-electron chi connectivity index (χ1n) is 8.50. The number of guanidine groups is 1. The van der Waals surface area contributed by atoms with Crippen LogP contribution in [0.15, 0.2) is 35.6 Å². The van der Waals surface area contributed by atoms with Gasteiger partial charge in [-0.3, -0.25) is 4.68 Å². The molecule has 0 aliphatic carbocycles. The SMILES string of the molecule is CCNC(=NCC(C)(O)c1cnn(C)c1)NCCc1c(Cl)cccc1Cl. The second-order valence-corrected chi connectivity index (χ2v) is 7.06. The summed E-state index contributed by atoms with van der Waals surface area (Å²) in [6.07, 6.45) is 4.10. The average Bonchev–Trinajstić information content (AvgIpc) is 3.03. The van der Waals surface area contributed by atoms with Crippen LogP contribution in [0.5, 0.6) is 0 Å². The Labute approximate surface area is 164 Å². The van der Waals surface area contributed by atoms with Crippen LogP contribution in [0.25, 0.3) is 0 Å². The summed E-state index contributed by atoms with van der Waals surface area (Å²) in [5, 5.41) is 22.5. The maximum atomic E-state index is 10.6. The van der Waals surface area contributed by atoms with Gasteiger partial charge in [0.2, 0.25) is 0 Å². The average molecular weight is 398 g/mol. The van der Waals surface area contributed by atoms with Gasteiger partial charge in [-0.2, -0.15) is 5.10 Å². The summed E-state index contributed by atoms with van der Waals surface area (Å²) in [6.45, 7) is 5.25. The van der Waals surface area contributed by atoms with E-state index >= 15 is 0 Å². The Balaban J connectivity index is 1.98. The Morgan fingerprint density at radius 3 is 2.58 bits per heavy atom. The molecule has 0 aliphatic rings. The van der Waals surface area contributed by atoms with Gasteiger partial charge in [0.25, 0.3) is 0 Å². The minimum atomic E-state index is -1.09. The number of aryl methyl sites for hydroxylation is 1. The highest BCUT2D eigenvalue weighted by Gasteiger charge is 2.24. The van der Waals surface area contributed by atoms with E-state index < -0.39 is 5.60 Å². The minimum Gasteiger partial charge on any atom is -0.383 e. The maximum Gasteiger partial charge on any atom is 0.191 e. The van der Waals surface area contributed by atoms with Gasteiger partial charge in [-0.15, -0.1) is 0 Å². The highest BCUT2D eigenvalue weighted by atomic mass is 35.5. The van der Waals surface area contributed by atoms with E-state index in [9.17, 15) is 5.11 Å². The molecule has 3 N–H and O–H groups in total. The summed E-state index contributed by atoms with van der Waals surface area (Å²) in [5.74, 6) is 0.625. The number of aliphatic hydroxyl groups is 1. The van der Waals surface area contributed by atoms with Crippen LogP contribution in [0.2, 0.25) is 10.0 Å². The van der Waals surface area contributed by atoms with E-state index in [1.54, 1.807) is 24.0 Å². The topological polar surface area (TPSA) is 74.5 Å². The van der Waals surface area contributed by atoms with Crippen LogP contribution < -0.4 is 10.6 Å². The van der Waals surface area contributed by atoms with E-state index in [-0.39, 0.29) is 6.54 Å². The molecule has 0 bridgehead atoms. The molecule has 142 valence electrons. The first-order chi connectivity index (χ1) is 12.3. The van der Waals surface area contributed by atoms with Crippen LogP contribution in [0.3, 0.4) is 0 Å². The van der Waals surface area contributed by atoms with Crippen LogP contribution in [0, 0.1) is 0 Å². The third-order valence-corrected chi connectivity index (χ3v) is 4.65. The van der Waals surface area contributed by atoms with Crippen molar-refractivity contribution in [3.63, 3.8) is 0 Å². The molecule has 1 aromatic heterocycles. The molecule has 0 radical (unpaired) electrons. The van der Waals surface area contributed by atoms with E-state index in [0.29, 0.717) is 35.5 Å². The summed E-state index contributed by atoms with van der Waals surface area (Å²) in [5.41, 5.74) is 0.534. The van der Waals surface area contributed by atoms with Crippen molar-refractivity contribution in [3.05, 3.63) is 51.8 Å². The van der Waals surface area contributed by atoms with E-state index in [0.717, 1.165) is 11.1 Å². The number of nitrogens with one attached hydrogen (secondary N) is 2. The van der Waals surface area contributed by atoms with Crippen LogP contribution in [-0.2, 0) is 19.1 Å². The normalized spacial score (nSPS) is 14.2. The summed E-state index contributed by atoms with van der Waals surface area (Å²) in [7, 11) is 1.81. The Kier molecular flexibility index (Phi) is 7.32. The zero-order chi connectivity index (χ0) is 19.2. The molecule has 0 spiro atoms. The Bertz CT molecular complexity index is 738. The number of hydrogen-bond donors (Lipinski definition) is 3. The largest absolute Gasteiger partial charge is 0.383 e. The molecule has 0 amide bonds. The molecule has 1 atom stereocenters. The molecule has 0 fully saturated rings. The van der Waals surface area contributed by atoms with Gasteiger partial charge in [-0.25, -0.2) is 4.99 Å². The van der Waals surface area contributed by atoms with E-state index in [1.165, 1.54) is 0 Å². The van der Waals surface area contributed by atoms with Gasteiger partial charge in [0.1, 0.15) is 5.60 Å². The van der Waals surface area contributed by atoms with Crippen molar-refractivity contribution in [2.24, 2.45) is 12.0 Å². The molecule has 2 aromatic rings. The zero-order valence-electron chi connectivity index (χ0n) is 15.3.